The molecule has 202 valence electrons. The molecule has 1 saturated carbocycles. The van der Waals surface area contributed by atoms with Crippen molar-refractivity contribution in [3.05, 3.63) is 89.5 Å². The third-order valence-corrected chi connectivity index (χ3v) is 7.78. The van der Waals surface area contributed by atoms with E-state index in [1.165, 1.54) is 31.2 Å². The first-order valence-corrected chi connectivity index (χ1v) is 13.8. The third-order valence-electron chi connectivity index (χ3n) is 7.78. The van der Waals surface area contributed by atoms with Crippen molar-refractivity contribution in [3.8, 4) is 17.0 Å². The molecule has 1 fully saturated rings. The number of carbonyl (C=O) groups excluding carboxylic acids is 1. The number of benzene rings is 3. The molecule has 5 rings (SSSR count). The molecule has 1 aliphatic carbocycles. The lowest BCUT2D eigenvalue weighted by Crippen LogP contribution is -2.26. The van der Waals surface area contributed by atoms with Gasteiger partial charge in [-0.3, -0.25) is 4.79 Å². The molecule has 6 heteroatoms. The van der Waals surface area contributed by atoms with Crippen LogP contribution in [0.25, 0.3) is 22.2 Å². The number of carboxylic acids is 1. The highest BCUT2D eigenvalue weighted by atomic mass is 16.5. The van der Waals surface area contributed by atoms with Gasteiger partial charge in [0.25, 0.3) is 0 Å². The Morgan fingerprint density at radius 2 is 1.62 bits per heavy atom. The average Bonchev–Trinajstić information content (AvgIpc) is 3.07. The predicted octanol–water partition coefficient (Wildman–Crippen LogP) is 7.11. The van der Waals surface area contributed by atoms with Gasteiger partial charge in [0, 0.05) is 19.5 Å². The van der Waals surface area contributed by atoms with Crippen LogP contribution in [0.4, 0.5) is 0 Å². The Morgan fingerprint density at radius 1 is 0.923 bits per heavy atom. The van der Waals surface area contributed by atoms with E-state index in [4.69, 9.17) is 4.74 Å². The van der Waals surface area contributed by atoms with E-state index in [0.29, 0.717) is 12.5 Å². The van der Waals surface area contributed by atoms with Crippen molar-refractivity contribution < 1.29 is 19.4 Å². The smallest absolute Gasteiger partial charge is 0.335 e. The number of carbonyl (C=O) groups is 2. The standard InChI is InChI=1S/C33H36N2O4/c1-34(2)30(36)21-35-29-20-26(33(37)38)16-19-28(29)31(24-12-8-3-4-9-13-24)32(35)25-14-17-27(18-15-25)39-22-23-10-6-5-7-11-23/h5-7,10-11,14-20,24H,3-4,8-9,12-13,21-22H2,1-2H3,(H,37,38). The molecule has 1 aromatic heterocycles. The van der Waals surface area contributed by atoms with Gasteiger partial charge in [0.1, 0.15) is 18.9 Å². The van der Waals surface area contributed by atoms with Crippen LogP contribution in [-0.4, -0.2) is 40.5 Å². The van der Waals surface area contributed by atoms with Gasteiger partial charge < -0.3 is 19.3 Å². The number of likely N-dealkylation sites (N-methyl/N-ethyl adjacent to an activating group) is 1. The number of hydrogen-bond acceptors (Lipinski definition) is 3. The quantitative estimate of drug-likeness (QED) is 0.249. The van der Waals surface area contributed by atoms with Crippen LogP contribution in [0.15, 0.2) is 72.8 Å². The molecule has 0 aliphatic heterocycles. The van der Waals surface area contributed by atoms with E-state index in [2.05, 4.69) is 12.1 Å². The number of aromatic nitrogens is 1. The van der Waals surface area contributed by atoms with E-state index in [1.54, 1.807) is 31.1 Å². The Hall–Kier alpha value is -4.06. The Kier molecular flexibility index (Phi) is 8.01. The molecular formula is C33H36N2O4. The van der Waals surface area contributed by atoms with Gasteiger partial charge in [0.15, 0.2) is 0 Å². The van der Waals surface area contributed by atoms with E-state index in [9.17, 15) is 14.7 Å². The van der Waals surface area contributed by atoms with Crippen LogP contribution >= 0.6 is 0 Å². The number of aromatic carboxylic acids is 1. The Bertz CT molecular complexity index is 1450. The zero-order chi connectivity index (χ0) is 27.4. The number of fused-ring (bicyclic) bond motifs is 1. The highest BCUT2D eigenvalue weighted by Crippen LogP contribution is 2.44. The lowest BCUT2D eigenvalue weighted by molar-refractivity contribution is -0.129. The van der Waals surface area contributed by atoms with Crippen LogP contribution in [0, 0.1) is 0 Å². The maximum Gasteiger partial charge on any atom is 0.335 e. The molecule has 1 heterocycles. The van der Waals surface area contributed by atoms with Crippen molar-refractivity contribution in [2.24, 2.45) is 0 Å². The lowest BCUT2D eigenvalue weighted by Gasteiger charge is -2.19. The summed E-state index contributed by atoms with van der Waals surface area (Å²) in [6.45, 7) is 0.629. The summed E-state index contributed by atoms with van der Waals surface area (Å²) in [6, 6.07) is 23.5. The first-order chi connectivity index (χ1) is 18.9. The van der Waals surface area contributed by atoms with E-state index >= 15 is 0 Å². The molecule has 1 amide bonds. The van der Waals surface area contributed by atoms with Crippen molar-refractivity contribution in [1.82, 2.24) is 9.47 Å². The van der Waals surface area contributed by atoms with E-state index in [-0.39, 0.29) is 18.0 Å². The molecule has 0 spiro atoms. The molecule has 0 saturated heterocycles. The van der Waals surface area contributed by atoms with Gasteiger partial charge in [0.05, 0.1) is 16.8 Å². The van der Waals surface area contributed by atoms with Crippen LogP contribution in [0.3, 0.4) is 0 Å². The highest BCUT2D eigenvalue weighted by Gasteiger charge is 2.27. The highest BCUT2D eigenvalue weighted by molar-refractivity contribution is 5.99. The number of rotatable bonds is 8. The fraction of sp³-hybridized carbons (Fsp3) is 0.333. The molecule has 1 aliphatic rings. The Morgan fingerprint density at radius 3 is 2.26 bits per heavy atom. The van der Waals surface area contributed by atoms with Gasteiger partial charge in [-0.1, -0.05) is 62.1 Å². The maximum absolute atomic E-state index is 13.0. The van der Waals surface area contributed by atoms with Crippen LogP contribution < -0.4 is 4.74 Å². The average molecular weight is 525 g/mol. The van der Waals surface area contributed by atoms with Gasteiger partial charge in [-0.15, -0.1) is 0 Å². The second-order valence-corrected chi connectivity index (χ2v) is 10.7. The van der Waals surface area contributed by atoms with Crippen LogP contribution in [0.5, 0.6) is 5.75 Å². The monoisotopic (exact) mass is 524 g/mol. The second kappa shape index (κ2) is 11.8. The van der Waals surface area contributed by atoms with Crippen LogP contribution in [0.1, 0.15) is 65.9 Å². The van der Waals surface area contributed by atoms with Crippen LogP contribution in [0.2, 0.25) is 0 Å². The maximum atomic E-state index is 13.0. The van der Waals surface area contributed by atoms with E-state index in [0.717, 1.165) is 46.3 Å². The Labute approximate surface area is 229 Å². The van der Waals surface area contributed by atoms with E-state index in [1.807, 2.05) is 53.1 Å². The summed E-state index contributed by atoms with van der Waals surface area (Å²) < 4.78 is 8.07. The van der Waals surface area contributed by atoms with Gasteiger partial charge in [-0.25, -0.2) is 4.79 Å². The summed E-state index contributed by atoms with van der Waals surface area (Å²) >= 11 is 0. The first kappa shape index (κ1) is 26.5. The van der Waals surface area contributed by atoms with Gasteiger partial charge in [-0.05, 0) is 71.8 Å². The number of nitrogens with zero attached hydrogens (tertiary/aromatic N) is 2. The molecule has 3 aromatic carbocycles. The number of amides is 1. The lowest BCUT2D eigenvalue weighted by atomic mass is 9.87. The summed E-state index contributed by atoms with van der Waals surface area (Å²) in [7, 11) is 3.50. The summed E-state index contributed by atoms with van der Waals surface area (Å²) in [6.07, 6.45) is 7.00. The number of hydrogen-bond donors (Lipinski definition) is 1. The molecule has 6 nitrogen and oxygen atoms in total. The minimum Gasteiger partial charge on any atom is -0.489 e. The van der Waals surface area contributed by atoms with Gasteiger partial charge in [0.2, 0.25) is 5.91 Å². The molecule has 0 bridgehead atoms. The van der Waals surface area contributed by atoms with E-state index < -0.39 is 5.97 Å². The summed E-state index contributed by atoms with van der Waals surface area (Å²) in [4.78, 5) is 26.5. The first-order valence-electron chi connectivity index (χ1n) is 13.8. The largest absolute Gasteiger partial charge is 0.489 e. The SMILES string of the molecule is CN(C)C(=O)Cn1c(-c2ccc(OCc3ccccc3)cc2)c(C2CCCCCC2)c2ccc(C(=O)O)cc21. The molecule has 1 N–H and O–H groups in total. The second-order valence-electron chi connectivity index (χ2n) is 10.7. The fourth-order valence-electron chi connectivity index (χ4n) is 5.69. The number of carboxylic acid groups (broad SMARTS) is 1. The van der Waals surface area contributed by atoms with Crippen molar-refractivity contribution in [2.45, 2.75) is 57.6 Å². The van der Waals surface area contributed by atoms with Crippen molar-refractivity contribution in [2.75, 3.05) is 14.1 Å². The molecule has 39 heavy (non-hydrogen) atoms. The van der Waals surface area contributed by atoms with Crippen molar-refractivity contribution in [1.29, 1.82) is 0 Å². The summed E-state index contributed by atoms with van der Waals surface area (Å²) in [5, 5.41) is 10.8. The minimum atomic E-state index is -0.971. The zero-order valence-corrected chi connectivity index (χ0v) is 22.7. The summed E-state index contributed by atoms with van der Waals surface area (Å²) in [5.41, 5.74) is 5.36. The van der Waals surface area contributed by atoms with Crippen molar-refractivity contribution in [3.63, 3.8) is 0 Å². The summed E-state index contributed by atoms with van der Waals surface area (Å²) in [5.74, 6) is 0.120. The molecule has 0 unspecified atom stereocenters. The predicted molar refractivity (Wildman–Crippen MR) is 154 cm³/mol. The normalized spacial score (nSPS) is 14.2. The molecule has 0 radical (unpaired) electrons. The molecule has 4 aromatic rings. The topological polar surface area (TPSA) is 71.8 Å². The van der Waals surface area contributed by atoms with Gasteiger partial charge >= 0.3 is 5.97 Å². The Balaban J connectivity index is 1.63. The fourth-order valence-corrected chi connectivity index (χ4v) is 5.69. The molecule has 0 atom stereocenters. The number of ether oxygens (including phenoxy) is 1. The van der Waals surface area contributed by atoms with Crippen LogP contribution in [-0.2, 0) is 17.9 Å². The van der Waals surface area contributed by atoms with Gasteiger partial charge in [-0.2, -0.15) is 0 Å². The third kappa shape index (κ3) is 5.85. The zero-order valence-electron chi connectivity index (χ0n) is 22.7. The molecular weight excluding hydrogens is 488 g/mol. The minimum absolute atomic E-state index is 0.0379. The van der Waals surface area contributed by atoms with Crippen molar-refractivity contribution >= 4 is 22.8 Å².